The van der Waals surface area contributed by atoms with Crippen LogP contribution in [-0.4, -0.2) is 54.1 Å². The van der Waals surface area contributed by atoms with Crippen LogP contribution in [0, 0.1) is 5.92 Å². The molecule has 0 saturated heterocycles. The number of carbonyl (C=O) groups is 3. The summed E-state index contributed by atoms with van der Waals surface area (Å²) < 4.78 is 43.9. The summed E-state index contributed by atoms with van der Waals surface area (Å²) in [7, 11) is 0. The number of phenolic OH excluding ortho intramolecular Hbond substituents is 1. The van der Waals surface area contributed by atoms with Gasteiger partial charge in [0.25, 0.3) is 5.91 Å². The molecule has 2 aromatic heterocycles. The number of carbonyl (C=O) groups excluding carboxylic acids is 2. The predicted octanol–water partition coefficient (Wildman–Crippen LogP) is 5.65. The van der Waals surface area contributed by atoms with E-state index in [4.69, 9.17) is 23.2 Å². The molecule has 40 heavy (non-hydrogen) atoms. The lowest BCUT2D eigenvalue weighted by molar-refractivity contribution is -0.147. The second kappa shape index (κ2) is 11.8. The third-order valence-corrected chi connectivity index (χ3v) is 7.37. The minimum atomic E-state index is -4.99. The van der Waals surface area contributed by atoms with Gasteiger partial charge in [-0.05, 0) is 31.7 Å². The van der Waals surface area contributed by atoms with Crippen molar-refractivity contribution in [3.05, 3.63) is 75.3 Å². The number of amides is 1. The van der Waals surface area contributed by atoms with Gasteiger partial charge >= 0.3 is 12.1 Å². The number of benzene rings is 1. The number of aromatic nitrogens is 3. The van der Waals surface area contributed by atoms with Crippen molar-refractivity contribution in [2.24, 2.45) is 5.92 Å². The van der Waals surface area contributed by atoms with E-state index in [-0.39, 0.29) is 52.6 Å². The van der Waals surface area contributed by atoms with Gasteiger partial charge < -0.3 is 15.1 Å². The van der Waals surface area contributed by atoms with Crippen molar-refractivity contribution in [2.75, 3.05) is 6.54 Å². The maximum atomic E-state index is 14.4. The number of rotatable bonds is 8. The third-order valence-electron chi connectivity index (χ3n) is 6.79. The van der Waals surface area contributed by atoms with Crippen LogP contribution in [-0.2, 0) is 17.5 Å². The number of ketones is 1. The number of aliphatic carboxylic acids is 1. The molecular formula is C26H23Cl2F3N4O5. The number of hydrogen-bond donors (Lipinski definition) is 2. The van der Waals surface area contributed by atoms with Gasteiger partial charge in [0.05, 0.1) is 52.4 Å². The molecule has 1 aromatic carbocycles. The summed E-state index contributed by atoms with van der Waals surface area (Å²) in [5.74, 6) is -3.81. The summed E-state index contributed by atoms with van der Waals surface area (Å²) in [6.45, 7) is -1.13. The molecule has 1 saturated carbocycles. The molecule has 0 bridgehead atoms. The Balaban J connectivity index is 1.71. The summed E-state index contributed by atoms with van der Waals surface area (Å²) >= 11 is 12.2. The molecule has 1 aliphatic rings. The summed E-state index contributed by atoms with van der Waals surface area (Å²) in [5, 5.41) is 23.2. The Morgan fingerprint density at radius 2 is 1.65 bits per heavy atom. The second-order valence-electron chi connectivity index (χ2n) is 9.38. The number of halogens is 5. The van der Waals surface area contributed by atoms with E-state index in [1.54, 1.807) is 6.07 Å². The Morgan fingerprint density at radius 1 is 1.02 bits per heavy atom. The highest BCUT2D eigenvalue weighted by Crippen LogP contribution is 2.39. The van der Waals surface area contributed by atoms with Crippen LogP contribution in [0.3, 0.4) is 0 Å². The Labute approximate surface area is 236 Å². The first-order valence-electron chi connectivity index (χ1n) is 12.1. The molecule has 9 nitrogen and oxygen atoms in total. The maximum absolute atomic E-state index is 14.4. The number of carboxylic acids is 1. The average Bonchev–Trinajstić information content (AvgIpc) is 3.35. The molecule has 212 valence electrons. The van der Waals surface area contributed by atoms with Crippen LogP contribution in [0.15, 0.2) is 42.9 Å². The van der Waals surface area contributed by atoms with Crippen molar-refractivity contribution in [1.29, 1.82) is 0 Å². The topological polar surface area (TPSA) is 126 Å². The predicted molar refractivity (Wildman–Crippen MR) is 137 cm³/mol. The Morgan fingerprint density at radius 3 is 2.23 bits per heavy atom. The van der Waals surface area contributed by atoms with E-state index in [1.807, 2.05) is 0 Å². The largest absolute Gasteiger partial charge is 0.508 e. The Hall–Kier alpha value is -3.64. The van der Waals surface area contributed by atoms with Crippen molar-refractivity contribution in [3.8, 4) is 5.75 Å². The molecule has 1 amide bonds. The van der Waals surface area contributed by atoms with Crippen molar-refractivity contribution in [3.63, 3.8) is 0 Å². The van der Waals surface area contributed by atoms with Gasteiger partial charge in [-0.2, -0.15) is 18.3 Å². The maximum Gasteiger partial charge on any atom is 0.433 e. The molecule has 14 heteroatoms. The Kier molecular flexibility index (Phi) is 8.69. The van der Waals surface area contributed by atoms with Crippen LogP contribution >= 0.6 is 23.2 Å². The highest BCUT2D eigenvalue weighted by Gasteiger charge is 2.43. The van der Waals surface area contributed by atoms with Crippen LogP contribution in [0.4, 0.5) is 13.2 Å². The lowest BCUT2D eigenvalue weighted by atomic mass is 9.86. The first kappa shape index (κ1) is 29.3. The minimum absolute atomic E-state index is 0.103. The zero-order chi connectivity index (χ0) is 29.2. The molecule has 0 atom stereocenters. The minimum Gasteiger partial charge on any atom is -0.508 e. The molecule has 0 radical (unpaired) electrons. The van der Waals surface area contributed by atoms with Crippen molar-refractivity contribution < 1.29 is 37.8 Å². The molecule has 1 aliphatic carbocycles. The van der Waals surface area contributed by atoms with Gasteiger partial charge in [0.15, 0.2) is 11.5 Å². The monoisotopic (exact) mass is 598 g/mol. The number of nitrogens with zero attached hydrogens (tertiary/aromatic N) is 4. The van der Waals surface area contributed by atoms with Gasteiger partial charge in [-0.15, -0.1) is 0 Å². The third kappa shape index (κ3) is 6.23. The van der Waals surface area contributed by atoms with Crippen molar-refractivity contribution in [1.82, 2.24) is 19.7 Å². The van der Waals surface area contributed by atoms with Crippen LogP contribution in [0.25, 0.3) is 0 Å². The molecule has 1 fully saturated rings. The summed E-state index contributed by atoms with van der Waals surface area (Å²) in [6.07, 6.45) is -1.26. The van der Waals surface area contributed by atoms with E-state index in [0.717, 1.165) is 15.8 Å². The van der Waals surface area contributed by atoms with Crippen LogP contribution in [0.5, 0.6) is 5.75 Å². The van der Waals surface area contributed by atoms with Gasteiger partial charge in [0.1, 0.15) is 5.75 Å². The number of pyridine rings is 1. The van der Waals surface area contributed by atoms with Crippen LogP contribution < -0.4 is 0 Å². The fraction of sp³-hybridized carbons (Fsp3) is 0.346. The number of para-hydroxylation sites is 1. The first-order chi connectivity index (χ1) is 18.9. The van der Waals surface area contributed by atoms with Gasteiger partial charge in [-0.1, -0.05) is 41.4 Å². The smallest absolute Gasteiger partial charge is 0.433 e. The lowest BCUT2D eigenvalue weighted by Gasteiger charge is -2.28. The number of Topliss-reactive ketones (excluding diaryl/α,β-unsaturated/α-hetero) is 1. The highest BCUT2D eigenvalue weighted by molar-refractivity contribution is 6.39. The van der Waals surface area contributed by atoms with Crippen LogP contribution in [0.2, 0.25) is 10.0 Å². The molecule has 2 N–H and O–H groups in total. The van der Waals surface area contributed by atoms with E-state index in [0.29, 0.717) is 0 Å². The average molecular weight is 599 g/mol. The number of aromatic hydroxyl groups is 1. The van der Waals surface area contributed by atoms with Crippen molar-refractivity contribution >= 4 is 40.9 Å². The molecule has 0 unspecified atom stereocenters. The summed E-state index contributed by atoms with van der Waals surface area (Å²) in [4.78, 5) is 42.8. The molecule has 4 rings (SSSR count). The van der Waals surface area contributed by atoms with Gasteiger partial charge in [0.2, 0.25) is 0 Å². The fourth-order valence-corrected chi connectivity index (χ4v) is 5.37. The standard InChI is InChI=1S/C26H23Cl2F3N4O5/c27-18-10-32-11-19(28)22(18)21(37)13-34(12-15-3-1-2-4-20(15)36)24(38)17-9-33-35(23(17)26(29,30)31)16-7-5-14(6-8-16)25(39)40/h1-4,9-11,14,16,36H,5-8,12-13H2,(H,39,40)/t14-,16-. The number of alkyl halides is 3. The fourth-order valence-electron chi connectivity index (χ4n) is 4.80. The van der Waals surface area contributed by atoms with Gasteiger partial charge in [-0.3, -0.25) is 24.0 Å². The van der Waals surface area contributed by atoms with E-state index in [9.17, 15) is 37.8 Å². The number of phenols is 1. The van der Waals surface area contributed by atoms with Crippen LogP contribution in [0.1, 0.15) is 63.7 Å². The lowest BCUT2D eigenvalue weighted by Crippen LogP contribution is -2.37. The number of carboxylic acid groups (broad SMARTS) is 1. The zero-order valence-electron chi connectivity index (χ0n) is 20.7. The van der Waals surface area contributed by atoms with E-state index >= 15 is 0 Å². The van der Waals surface area contributed by atoms with E-state index in [2.05, 4.69) is 10.1 Å². The number of hydrogen-bond acceptors (Lipinski definition) is 6. The van der Waals surface area contributed by atoms with E-state index < -0.39 is 60.1 Å². The molecule has 2 heterocycles. The highest BCUT2D eigenvalue weighted by atomic mass is 35.5. The molecular weight excluding hydrogens is 576 g/mol. The molecule has 3 aromatic rings. The molecule has 0 aliphatic heterocycles. The molecule has 0 spiro atoms. The normalized spacial score (nSPS) is 17.4. The first-order valence-corrected chi connectivity index (χ1v) is 12.9. The Bertz CT molecular complexity index is 1420. The van der Waals surface area contributed by atoms with Gasteiger partial charge in [-0.25, -0.2) is 0 Å². The summed E-state index contributed by atoms with van der Waals surface area (Å²) in [5.41, 5.74) is -2.06. The summed E-state index contributed by atoms with van der Waals surface area (Å²) in [6, 6.07) is 5.11. The van der Waals surface area contributed by atoms with Gasteiger partial charge in [0, 0.05) is 18.0 Å². The SMILES string of the molecule is O=C(CN(Cc1ccccc1O)C(=O)c1cnn([C@H]2CC[C@H](C(=O)O)CC2)c1C(F)(F)F)c1c(Cl)cncc1Cl. The van der Waals surface area contributed by atoms with E-state index in [1.165, 1.54) is 30.6 Å². The zero-order valence-corrected chi connectivity index (χ0v) is 22.2. The van der Waals surface area contributed by atoms with Crippen molar-refractivity contribution in [2.45, 2.75) is 44.4 Å². The quantitative estimate of drug-likeness (QED) is 0.321. The second-order valence-corrected chi connectivity index (χ2v) is 10.2.